The number of carbonyl (C=O) groups excluding carboxylic acids is 1. The third kappa shape index (κ3) is 4.39. The maximum Gasteiger partial charge on any atom is 0.279 e. The fourth-order valence-electron chi connectivity index (χ4n) is 3.70. The molecule has 160 valence electrons. The molecule has 0 saturated carbocycles. The number of methoxy groups -OCH3 is 1. The van der Waals surface area contributed by atoms with Crippen LogP contribution in [0.1, 0.15) is 18.9 Å². The van der Waals surface area contributed by atoms with Crippen molar-refractivity contribution in [3.63, 3.8) is 0 Å². The van der Waals surface area contributed by atoms with Crippen LogP contribution in [0.25, 0.3) is 21.9 Å². The molecule has 4 aromatic rings. The molecule has 0 saturated heterocycles. The summed E-state index contributed by atoms with van der Waals surface area (Å²) in [6, 6.07) is 15.6. The van der Waals surface area contributed by atoms with Crippen LogP contribution >= 0.6 is 12.2 Å². The molecule has 0 bridgehead atoms. The number of ether oxygens (including phenoxy) is 1. The Balaban J connectivity index is 1.52. The minimum absolute atomic E-state index is 0.0229. The van der Waals surface area contributed by atoms with Crippen LogP contribution in [0.3, 0.4) is 0 Å². The molecule has 0 radical (unpaired) electrons. The smallest absolute Gasteiger partial charge is 0.279 e. The lowest BCUT2D eigenvalue weighted by Gasteiger charge is -2.14. The molecule has 0 fully saturated rings. The summed E-state index contributed by atoms with van der Waals surface area (Å²) in [6.45, 7) is 1.82. The number of aryl methyl sites for hydroxylation is 1. The highest BCUT2D eigenvalue weighted by Gasteiger charge is 2.15. The van der Waals surface area contributed by atoms with E-state index in [1.165, 1.54) is 10.1 Å². The van der Waals surface area contributed by atoms with Crippen molar-refractivity contribution in [2.75, 3.05) is 7.11 Å². The van der Waals surface area contributed by atoms with Crippen molar-refractivity contribution < 1.29 is 9.53 Å². The van der Waals surface area contributed by atoms with Crippen molar-refractivity contribution in [1.29, 1.82) is 0 Å². The lowest BCUT2D eigenvalue weighted by atomic mass is 10.1. The van der Waals surface area contributed by atoms with Crippen molar-refractivity contribution in [3.8, 4) is 5.75 Å². The highest BCUT2D eigenvalue weighted by molar-refractivity contribution is 7.71. The number of aromatic nitrogens is 3. The summed E-state index contributed by atoms with van der Waals surface area (Å²) < 4.78 is 6.76. The molecule has 4 rings (SSSR count). The van der Waals surface area contributed by atoms with Crippen molar-refractivity contribution in [3.05, 3.63) is 69.2 Å². The first-order valence-electron chi connectivity index (χ1n) is 10.1. The van der Waals surface area contributed by atoms with Crippen LogP contribution in [-0.2, 0) is 17.8 Å². The Bertz CT molecular complexity index is 1350. The Labute approximate surface area is 184 Å². The molecular formula is C23H24N4O3S. The van der Waals surface area contributed by atoms with E-state index in [0.717, 1.165) is 23.7 Å². The number of nitrogens with one attached hydrogen (secondary N) is 3. The zero-order valence-electron chi connectivity index (χ0n) is 17.4. The molecule has 2 aromatic carbocycles. The number of amides is 1. The third-order valence-electron chi connectivity index (χ3n) is 5.36. The van der Waals surface area contributed by atoms with Gasteiger partial charge in [0.2, 0.25) is 5.91 Å². The van der Waals surface area contributed by atoms with Gasteiger partial charge in [-0.2, -0.15) is 0 Å². The summed E-state index contributed by atoms with van der Waals surface area (Å²) in [5.74, 6) is 0.431. The number of hydrogen-bond acceptors (Lipinski definition) is 4. The van der Waals surface area contributed by atoms with Crippen LogP contribution in [0.15, 0.2) is 53.3 Å². The minimum Gasteiger partial charge on any atom is -0.497 e. The standard InChI is InChI=1S/C23H24N4O3S/c1-14(8-9-15-6-4-3-5-7-15)24-19(28)13-27-22(29)21-20(26-23(27)31)17-12-16(30-2)10-11-18(17)25-21/h3-7,10-12,14,25H,8-9,13H2,1-2H3,(H,24,28)(H,26,31)/t14-/m0/s1. The molecule has 7 nitrogen and oxygen atoms in total. The van der Waals surface area contributed by atoms with E-state index >= 15 is 0 Å². The topological polar surface area (TPSA) is 91.9 Å². The Hall–Kier alpha value is -3.39. The molecule has 1 amide bonds. The van der Waals surface area contributed by atoms with Crippen molar-refractivity contribution in [2.45, 2.75) is 32.4 Å². The summed E-state index contributed by atoms with van der Waals surface area (Å²) in [5.41, 5.74) is 2.66. The average molecular weight is 437 g/mol. The zero-order chi connectivity index (χ0) is 22.0. The van der Waals surface area contributed by atoms with Gasteiger partial charge in [-0.15, -0.1) is 0 Å². The highest BCUT2D eigenvalue weighted by Crippen LogP contribution is 2.25. The summed E-state index contributed by atoms with van der Waals surface area (Å²) in [4.78, 5) is 31.8. The predicted octanol–water partition coefficient (Wildman–Crippen LogP) is 3.69. The number of benzene rings is 2. The largest absolute Gasteiger partial charge is 0.497 e. The SMILES string of the molecule is COc1ccc2[nH]c3c(=O)n(CC(=O)N[C@@H](C)CCc4ccccc4)c(=S)[nH]c3c2c1. The van der Waals surface area contributed by atoms with E-state index in [4.69, 9.17) is 17.0 Å². The minimum atomic E-state index is -0.332. The second kappa shape index (κ2) is 8.77. The molecule has 2 heterocycles. The van der Waals surface area contributed by atoms with Gasteiger partial charge in [-0.05, 0) is 55.7 Å². The zero-order valence-corrected chi connectivity index (χ0v) is 18.2. The first-order chi connectivity index (χ1) is 15.0. The molecule has 0 aliphatic rings. The second-order valence-corrected chi connectivity index (χ2v) is 7.99. The number of fused-ring (bicyclic) bond motifs is 3. The molecular weight excluding hydrogens is 412 g/mol. The molecule has 0 aliphatic carbocycles. The van der Waals surface area contributed by atoms with E-state index < -0.39 is 0 Å². The summed E-state index contributed by atoms with van der Waals surface area (Å²) >= 11 is 5.39. The van der Waals surface area contributed by atoms with Gasteiger partial charge in [-0.1, -0.05) is 30.3 Å². The van der Waals surface area contributed by atoms with Gasteiger partial charge in [0.25, 0.3) is 5.56 Å². The van der Waals surface area contributed by atoms with Gasteiger partial charge in [0.15, 0.2) is 4.77 Å². The molecule has 0 unspecified atom stereocenters. The van der Waals surface area contributed by atoms with Crippen molar-refractivity contribution in [1.82, 2.24) is 19.9 Å². The Morgan fingerprint density at radius 3 is 2.68 bits per heavy atom. The number of H-pyrrole nitrogens is 2. The van der Waals surface area contributed by atoms with Crippen LogP contribution in [0.4, 0.5) is 0 Å². The number of rotatable bonds is 7. The third-order valence-corrected chi connectivity index (χ3v) is 5.68. The molecule has 2 aromatic heterocycles. The van der Waals surface area contributed by atoms with E-state index in [0.29, 0.717) is 16.8 Å². The first kappa shape index (κ1) is 20.9. The summed E-state index contributed by atoms with van der Waals surface area (Å²) in [7, 11) is 1.59. The van der Waals surface area contributed by atoms with Crippen LogP contribution in [0.5, 0.6) is 5.75 Å². The number of aromatic amines is 2. The molecule has 0 spiro atoms. The van der Waals surface area contributed by atoms with Crippen molar-refractivity contribution in [2.24, 2.45) is 0 Å². The number of nitrogens with zero attached hydrogens (tertiary/aromatic N) is 1. The Morgan fingerprint density at radius 1 is 1.16 bits per heavy atom. The monoisotopic (exact) mass is 436 g/mol. The number of carbonyl (C=O) groups is 1. The maximum atomic E-state index is 13.0. The fourth-order valence-corrected chi connectivity index (χ4v) is 3.95. The Kier molecular flexibility index (Phi) is 5.90. The predicted molar refractivity (Wildman–Crippen MR) is 124 cm³/mol. The maximum absolute atomic E-state index is 13.0. The summed E-state index contributed by atoms with van der Waals surface area (Å²) in [6.07, 6.45) is 1.67. The second-order valence-electron chi connectivity index (χ2n) is 7.60. The van der Waals surface area contributed by atoms with Gasteiger partial charge >= 0.3 is 0 Å². The van der Waals surface area contributed by atoms with Gasteiger partial charge in [0.05, 0.1) is 12.6 Å². The summed E-state index contributed by atoms with van der Waals surface area (Å²) in [5, 5.41) is 3.77. The molecule has 3 N–H and O–H groups in total. The Morgan fingerprint density at radius 2 is 1.94 bits per heavy atom. The van der Waals surface area contributed by atoms with Crippen LogP contribution < -0.4 is 15.6 Å². The van der Waals surface area contributed by atoms with Gasteiger partial charge in [-0.25, -0.2) is 0 Å². The van der Waals surface area contributed by atoms with E-state index in [1.807, 2.05) is 43.3 Å². The van der Waals surface area contributed by atoms with E-state index in [-0.39, 0.29) is 28.8 Å². The number of hydrogen-bond donors (Lipinski definition) is 3. The lowest BCUT2D eigenvalue weighted by Crippen LogP contribution is -2.38. The van der Waals surface area contributed by atoms with Gasteiger partial charge in [0.1, 0.15) is 17.8 Å². The van der Waals surface area contributed by atoms with Gasteiger partial charge in [0, 0.05) is 16.9 Å². The normalized spacial score (nSPS) is 12.2. The van der Waals surface area contributed by atoms with Crippen LogP contribution in [0.2, 0.25) is 0 Å². The lowest BCUT2D eigenvalue weighted by molar-refractivity contribution is -0.122. The average Bonchev–Trinajstić information content (AvgIpc) is 3.13. The fraction of sp³-hybridized carbons (Fsp3) is 0.261. The van der Waals surface area contributed by atoms with Crippen molar-refractivity contribution >= 4 is 40.1 Å². The van der Waals surface area contributed by atoms with E-state index in [9.17, 15) is 9.59 Å². The first-order valence-corrected chi connectivity index (χ1v) is 10.5. The molecule has 1 atom stereocenters. The van der Waals surface area contributed by atoms with E-state index in [1.54, 1.807) is 7.11 Å². The van der Waals surface area contributed by atoms with Gasteiger partial charge < -0.3 is 20.0 Å². The quantitative estimate of drug-likeness (QED) is 0.385. The molecule has 8 heteroatoms. The van der Waals surface area contributed by atoms with Crippen LogP contribution in [0, 0.1) is 4.77 Å². The highest BCUT2D eigenvalue weighted by atomic mass is 32.1. The van der Waals surface area contributed by atoms with Crippen LogP contribution in [-0.4, -0.2) is 33.6 Å². The molecule has 0 aliphatic heterocycles. The molecule has 31 heavy (non-hydrogen) atoms. The van der Waals surface area contributed by atoms with Gasteiger partial charge in [-0.3, -0.25) is 14.2 Å². The van der Waals surface area contributed by atoms with E-state index in [2.05, 4.69) is 27.4 Å².